The summed E-state index contributed by atoms with van der Waals surface area (Å²) in [6.07, 6.45) is 3.52. The summed E-state index contributed by atoms with van der Waals surface area (Å²) >= 11 is 5.80. The van der Waals surface area contributed by atoms with Crippen LogP contribution in [0.25, 0.3) is 0 Å². The summed E-state index contributed by atoms with van der Waals surface area (Å²) in [5.74, 6) is 0.497. The minimum Gasteiger partial charge on any atom is -0.342 e. The highest BCUT2D eigenvalue weighted by Gasteiger charge is 2.21. The molecule has 0 bridgehead atoms. The van der Waals surface area contributed by atoms with E-state index in [4.69, 9.17) is 11.6 Å². The fourth-order valence-corrected chi connectivity index (χ4v) is 3.79. The van der Waals surface area contributed by atoms with E-state index in [0.717, 1.165) is 25.9 Å². The number of likely N-dealkylation sites (tertiary alicyclic amines) is 1. The van der Waals surface area contributed by atoms with Crippen LogP contribution in [0.2, 0.25) is 5.15 Å². The van der Waals surface area contributed by atoms with Crippen molar-refractivity contribution < 1.29 is 13.2 Å². The summed E-state index contributed by atoms with van der Waals surface area (Å²) in [4.78, 5) is 17.8. The molecular formula is C15H22ClN3O3S. The highest BCUT2D eigenvalue weighted by Crippen LogP contribution is 2.17. The van der Waals surface area contributed by atoms with E-state index in [2.05, 4.69) is 16.6 Å². The van der Waals surface area contributed by atoms with Crippen LogP contribution in [-0.4, -0.2) is 43.8 Å². The van der Waals surface area contributed by atoms with Crippen LogP contribution < -0.4 is 4.72 Å². The maximum Gasteiger partial charge on any atom is 0.242 e. The number of hydrogen-bond acceptors (Lipinski definition) is 4. The molecule has 1 aromatic rings. The number of aromatic nitrogens is 1. The lowest BCUT2D eigenvalue weighted by molar-refractivity contribution is -0.132. The van der Waals surface area contributed by atoms with Gasteiger partial charge in [0.05, 0.1) is 0 Å². The molecule has 1 aromatic heterocycles. The van der Waals surface area contributed by atoms with Gasteiger partial charge in [0.2, 0.25) is 15.9 Å². The molecule has 1 saturated heterocycles. The predicted molar refractivity (Wildman–Crippen MR) is 88.8 cm³/mol. The zero-order valence-corrected chi connectivity index (χ0v) is 15.0. The average Bonchev–Trinajstić information content (AvgIpc) is 2.49. The highest BCUT2D eigenvalue weighted by molar-refractivity contribution is 7.89. The Morgan fingerprint density at radius 3 is 2.91 bits per heavy atom. The molecule has 6 nitrogen and oxygen atoms in total. The quantitative estimate of drug-likeness (QED) is 0.815. The van der Waals surface area contributed by atoms with Crippen molar-refractivity contribution in [1.29, 1.82) is 0 Å². The van der Waals surface area contributed by atoms with Gasteiger partial charge in [-0.2, -0.15) is 0 Å². The molecule has 8 heteroatoms. The van der Waals surface area contributed by atoms with Crippen molar-refractivity contribution in [2.24, 2.45) is 5.92 Å². The number of sulfonamides is 1. The molecule has 1 aliphatic rings. The molecule has 1 aliphatic heterocycles. The minimum absolute atomic E-state index is 0.00957. The van der Waals surface area contributed by atoms with Gasteiger partial charge >= 0.3 is 0 Å². The number of halogens is 1. The Bertz CT molecular complexity index is 679. The lowest BCUT2D eigenvalue weighted by Gasteiger charge is -2.31. The average molecular weight is 360 g/mol. The van der Waals surface area contributed by atoms with Gasteiger partial charge in [-0.15, -0.1) is 0 Å². The number of nitrogens with one attached hydrogen (secondary N) is 1. The van der Waals surface area contributed by atoms with Gasteiger partial charge in [0.25, 0.3) is 0 Å². The van der Waals surface area contributed by atoms with E-state index in [9.17, 15) is 13.2 Å². The van der Waals surface area contributed by atoms with Crippen molar-refractivity contribution in [1.82, 2.24) is 14.6 Å². The first-order chi connectivity index (χ1) is 10.8. The number of amides is 1. The van der Waals surface area contributed by atoms with Crippen LogP contribution in [0.3, 0.4) is 0 Å². The van der Waals surface area contributed by atoms with Gasteiger partial charge in [0.15, 0.2) is 0 Å². The number of carbonyl (C=O) groups excluding carboxylic acids is 1. The molecule has 1 unspecified atom stereocenters. The van der Waals surface area contributed by atoms with E-state index in [-0.39, 0.29) is 28.9 Å². The fraction of sp³-hybridized carbons (Fsp3) is 0.600. The van der Waals surface area contributed by atoms with Crippen molar-refractivity contribution >= 4 is 27.5 Å². The molecule has 2 rings (SSSR count). The number of pyridine rings is 1. The number of rotatable bonds is 5. The van der Waals surface area contributed by atoms with Gasteiger partial charge in [-0.3, -0.25) is 4.79 Å². The zero-order chi connectivity index (χ0) is 17.0. The maximum absolute atomic E-state index is 12.2. The van der Waals surface area contributed by atoms with Gasteiger partial charge in [-0.1, -0.05) is 18.5 Å². The van der Waals surface area contributed by atoms with E-state index in [0.29, 0.717) is 11.5 Å². The van der Waals surface area contributed by atoms with Crippen LogP contribution in [0.15, 0.2) is 17.2 Å². The number of piperidine rings is 1. The van der Waals surface area contributed by atoms with Crippen molar-refractivity contribution in [3.05, 3.63) is 23.0 Å². The third-order valence-corrected chi connectivity index (χ3v) is 5.76. The summed E-state index contributed by atoms with van der Waals surface area (Å²) in [5, 5.41) is 0.276. The fourth-order valence-electron chi connectivity index (χ4n) is 2.63. The molecule has 1 fully saturated rings. The first-order valence-corrected chi connectivity index (χ1v) is 9.55. The molecule has 2 heterocycles. The van der Waals surface area contributed by atoms with Crippen LogP contribution in [0.5, 0.6) is 0 Å². The summed E-state index contributed by atoms with van der Waals surface area (Å²) in [6.45, 7) is 5.41. The van der Waals surface area contributed by atoms with Gasteiger partial charge in [0, 0.05) is 32.3 Å². The van der Waals surface area contributed by atoms with Crippen LogP contribution in [-0.2, 0) is 14.8 Å². The second kappa shape index (κ2) is 7.59. The molecule has 0 spiro atoms. The van der Waals surface area contributed by atoms with E-state index < -0.39 is 10.0 Å². The van der Waals surface area contributed by atoms with Crippen molar-refractivity contribution in [3.8, 4) is 0 Å². The number of aryl methyl sites for hydroxylation is 1. The molecule has 0 saturated carbocycles. The van der Waals surface area contributed by atoms with Gasteiger partial charge in [-0.05, 0) is 37.3 Å². The lowest BCUT2D eigenvalue weighted by Crippen LogP contribution is -2.40. The Morgan fingerprint density at radius 2 is 2.26 bits per heavy atom. The Labute approximate surface area is 142 Å². The molecule has 1 N–H and O–H groups in total. The Hall–Kier alpha value is -1.18. The lowest BCUT2D eigenvalue weighted by atomic mass is 10.0. The van der Waals surface area contributed by atoms with E-state index in [1.54, 1.807) is 6.92 Å². The maximum atomic E-state index is 12.2. The SMILES string of the molecule is Cc1cc(S(=O)(=O)NCCC(=O)N2CCCC(C)C2)cnc1Cl. The summed E-state index contributed by atoms with van der Waals surface area (Å²) in [7, 11) is -3.68. The largest absolute Gasteiger partial charge is 0.342 e. The monoisotopic (exact) mass is 359 g/mol. The topological polar surface area (TPSA) is 79.4 Å². The second-order valence-corrected chi connectivity index (χ2v) is 8.14. The highest BCUT2D eigenvalue weighted by atomic mass is 35.5. The summed E-state index contributed by atoms with van der Waals surface area (Å²) in [5.41, 5.74) is 0.591. The molecule has 0 radical (unpaired) electrons. The number of nitrogens with zero attached hydrogens (tertiary/aromatic N) is 2. The van der Waals surface area contributed by atoms with Crippen LogP contribution in [0, 0.1) is 12.8 Å². The minimum atomic E-state index is -3.68. The van der Waals surface area contributed by atoms with Crippen LogP contribution >= 0.6 is 11.6 Å². The zero-order valence-electron chi connectivity index (χ0n) is 13.4. The first kappa shape index (κ1) is 18.2. The van der Waals surface area contributed by atoms with E-state index in [1.807, 2.05) is 4.90 Å². The Kier molecular flexibility index (Phi) is 6.00. The molecule has 23 heavy (non-hydrogen) atoms. The molecule has 128 valence electrons. The summed E-state index contributed by atoms with van der Waals surface area (Å²) in [6, 6.07) is 1.46. The van der Waals surface area contributed by atoms with Crippen molar-refractivity contribution in [3.63, 3.8) is 0 Å². The third kappa shape index (κ3) is 4.89. The molecule has 1 atom stereocenters. The van der Waals surface area contributed by atoms with Crippen LogP contribution in [0.4, 0.5) is 0 Å². The van der Waals surface area contributed by atoms with E-state index >= 15 is 0 Å². The van der Waals surface area contributed by atoms with Crippen molar-refractivity contribution in [2.45, 2.75) is 38.0 Å². The van der Waals surface area contributed by atoms with Gasteiger partial charge in [0.1, 0.15) is 10.0 Å². The Morgan fingerprint density at radius 1 is 1.52 bits per heavy atom. The first-order valence-electron chi connectivity index (χ1n) is 7.69. The molecule has 0 aliphatic carbocycles. The van der Waals surface area contributed by atoms with Gasteiger partial charge in [-0.25, -0.2) is 18.1 Å². The van der Waals surface area contributed by atoms with Gasteiger partial charge < -0.3 is 4.90 Å². The molecule has 1 amide bonds. The Balaban J connectivity index is 1.89. The van der Waals surface area contributed by atoms with E-state index in [1.165, 1.54) is 12.3 Å². The molecular weight excluding hydrogens is 338 g/mol. The third-order valence-electron chi connectivity index (χ3n) is 3.94. The van der Waals surface area contributed by atoms with Crippen molar-refractivity contribution in [2.75, 3.05) is 19.6 Å². The normalized spacial score (nSPS) is 18.9. The van der Waals surface area contributed by atoms with Crippen LogP contribution in [0.1, 0.15) is 31.7 Å². The predicted octanol–water partition coefficient (Wildman–Crippen LogP) is 1.97. The molecule has 0 aromatic carbocycles. The standard InChI is InChI=1S/C15H22ClN3O3S/c1-11-4-3-7-19(10-11)14(20)5-6-18-23(21,22)13-8-12(2)15(16)17-9-13/h8-9,11,18H,3-7,10H2,1-2H3. The number of carbonyl (C=O) groups is 1. The smallest absolute Gasteiger partial charge is 0.242 e. The number of hydrogen-bond donors (Lipinski definition) is 1. The second-order valence-electron chi connectivity index (χ2n) is 6.01. The summed E-state index contributed by atoms with van der Waals surface area (Å²) < 4.78 is 26.8.